The fraction of sp³-hybridized carbons (Fsp3) is 0.0556. The molecule has 0 spiro atoms. The third-order valence-electron chi connectivity index (χ3n) is 3.37. The number of amides is 1. The molecule has 0 aliphatic carbocycles. The molecule has 3 aromatic rings. The smallest absolute Gasteiger partial charge is 0.305 e. The van der Waals surface area contributed by atoms with Crippen LogP contribution in [-0.4, -0.2) is 13.0 Å². The summed E-state index contributed by atoms with van der Waals surface area (Å²) >= 11 is 0. The molecule has 0 unspecified atom stereocenters. The molecule has 4 nitrogen and oxygen atoms in total. The Labute approximate surface area is 133 Å². The highest BCUT2D eigenvalue weighted by Crippen LogP contribution is 2.22. The number of halogens is 1. The maximum Gasteiger partial charge on any atom is 0.305 e. The number of furan rings is 1. The summed E-state index contributed by atoms with van der Waals surface area (Å²) in [5.41, 5.74) is 4.29. The predicted octanol–water partition coefficient (Wildman–Crippen LogP) is 3.87. The van der Waals surface area contributed by atoms with Crippen LogP contribution in [0.3, 0.4) is 0 Å². The summed E-state index contributed by atoms with van der Waals surface area (Å²) < 4.78 is 18.5. The van der Waals surface area contributed by atoms with E-state index in [1.54, 1.807) is 36.3 Å². The molecule has 5 heteroatoms. The standard InChI is InChI=1S/C18H15FN2O2/c1-21(15-5-3-2-4-6-15)20-18(22)17-12-11-16(23-17)13-7-9-14(19)10-8-13/h2-12H,1H3,(H,20,22). The molecule has 0 atom stereocenters. The molecule has 1 aromatic heterocycles. The Morgan fingerprint density at radius 2 is 1.70 bits per heavy atom. The second-order valence-corrected chi connectivity index (χ2v) is 5.01. The van der Waals surface area contributed by atoms with E-state index in [1.165, 1.54) is 12.1 Å². The van der Waals surface area contributed by atoms with Crippen LogP contribution in [0.2, 0.25) is 0 Å². The van der Waals surface area contributed by atoms with Crippen LogP contribution in [0.5, 0.6) is 0 Å². The zero-order valence-corrected chi connectivity index (χ0v) is 12.5. The van der Waals surface area contributed by atoms with Gasteiger partial charge in [0.25, 0.3) is 0 Å². The second kappa shape index (κ2) is 6.36. The van der Waals surface area contributed by atoms with Gasteiger partial charge in [-0.15, -0.1) is 0 Å². The number of hydrogen-bond acceptors (Lipinski definition) is 3. The molecule has 0 aliphatic heterocycles. The van der Waals surface area contributed by atoms with Crippen molar-refractivity contribution in [1.82, 2.24) is 5.43 Å². The van der Waals surface area contributed by atoms with Gasteiger partial charge < -0.3 is 4.42 Å². The fourth-order valence-electron chi connectivity index (χ4n) is 2.15. The summed E-state index contributed by atoms with van der Waals surface area (Å²) in [5.74, 6) is 0.0251. The fourth-order valence-corrected chi connectivity index (χ4v) is 2.15. The lowest BCUT2D eigenvalue weighted by atomic mass is 10.2. The van der Waals surface area contributed by atoms with E-state index in [4.69, 9.17) is 4.42 Å². The van der Waals surface area contributed by atoms with Gasteiger partial charge in [-0.2, -0.15) is 0 Å². The number of carbonyl (C=O) groups is 1. The van der Waals surface area contributed by atoms with Crippen molar-refractivity contribution >= 4 is 11.6 Å². The van der Waals surface area contributed by atoms with Crippen LogP contribution in [0.4, 0.5) is 10.1 Å². The number of para-hydroxylation sites is 1. The average molecular weight is 310 g/mol. The van der Waals surface area contributed by atoms with Gasteiger partial charge in [0.05, 0.1) is 5.69 Å². The van der Waals surface area contributed by atoms with Gasteiger partial charge in [0, 0.05) is 12.6 Å². The van der Waals surface area contributed by atoms with E-state index >= 15 is 0 Å². The summed E-state index contributed by atoms with van der Waals surface area (Å²) in [6.07, 6.45) is 0. The molecular weight excluding hydrogens is 295 g/mol. The van der Waals surface area contributed by atoms with Crippen LogP contribution in [0, 0.1) is 5.82 Å². The quantitative estimate of drug-likeness (QED) is 0.744. The Morgan fingerprint density at radius 1 is 1.00 bits per heavy atom. The minimum Gasteiger partial charge on any atom is -0.451 e. The first-order valence-corrected chi connectivity index (χ1v) is 7.09. The molecule has 1 N–H and O–H groups in total. The van der Waals surface area contributed by atoms with Crippen molar-refractivity contribution in [3.05, 3.63) is 78.3 Å². The number of carbonyl (C=O) groups excluding carboxylic acids is 1. The molecular formula is C18H15FN2O2. The van der Waals surface area contributed by atoms with Gasteiger partial charge in [-0.3, -0.25) is 15.2 Å². The highest BCUT2D eigenvalue weighted by Gasteiger charge is 2.14. The molecule has 0 radical (unpaired) electrons. The van der Waals surface area contributed by atoms with Gasteiger partial charge in [0.1, 0.15) is 11.6 Å². The lowest BCUT2D eigenvalue weighted by Gasteiger charge is -2.19. The first kappa shape index (κ1) is 14.8. The Bertz CT molecular complexity index is 797. The van der Waals surface area contributed by atoms with Crippen LogP contribution in [0.15, 0.2) is 71.1 Å². The average Bonchev–Trinajstić information content (AvgIpc) is 3.06. The second-order valence-electron chi connectivity index (χ2n) is 5.01. The van der Waals surface area contributed by atoms with Crippen LogP contribution in [0.1, 0.15) is 10.6 Å². The Kier molecular flexibility index (Phi) is 4.10. The maximum absolute atomic E-state index is 12.9. The number of anilines is 1. The highest BCUT2D eigenvalue weighted by atomic mass is 19.1. The molecule has 23 heavy (non-hydrogen) atoms. The molecule has 0 saturated heterocycles. The Hall–Kier alpha value is -3.08. The molecule has 0 bridgehead atoms. The summed E-state index contributed by atoms with van der Waals surface area (Å²) in [7, 11) is 1.75. The molecule has 2 aromatic carbocycles. The van der Waals surface area contributed by atoms with Crippen molar-refractivity contribution in [3.8, 4) is 11.3 Å². The van der Waals surface area contributed by atoms with Crippen molar-refractivity contribution < 1.29 is 13.6 Å². The van der Waals surface area contributed by atoms with Crippen LogP contribution >= 0.6 is 0 Å². The first-order valence-electron chi connectivity index (χ1n) is 7.09. The summed E-state index contributed by atoms with van der Waals surface area (Å²) in [5, 5.41) is 1.61. The van der Waals surface area contributed by atoms with Gasteiger partial charge in [-0.25, -0.2) is 4.39 Å². The molecule has 0 aliphatic rings. The molecule has 3 rings (SSSR count). The van der Waals surface area contributed by atoms with E-state index in [0.717, 1.165) is 5.69 Å². The van der Waals surface area contributed by atoms with Gasteiger partial charge in [0.15, 0.2) is 5.76 Å². The Balaban J connectivity index is 1.72. The topological polar surface area (TPSA) is 45.5 Å². The minimum atomic E-state index is -0.357. The number of benzene rings is 2. The highest BCUT2D eigenvalue weighted by molar-refractivity contribution is 5.93. The van der Waals surface area contributed by atoms with Crippen molar-refractivity contribution in [2.45, 2.75) is 0 Å². The van der Waals surface area contributed by atoms with E-state index in [9.17, 15) is 9.18 Å². The maximum atomic E-state index is 12.9. The molecule has 0 saturated carbocycles. The SMILES string of the molecule is CN(NC(=O)c1ccc(-c2ccc(F)cc2)o1)c1ccccc1. The number of hydrogen-bond donors (Lipinski definition) is 1. The summed E-state index contributed by atoms with van der Waals surface area (Å²) in [6, 6.07) is 18.6. The minimum absolute atomic E-state index is 0.187. The van der Waals surface area contributed by atoms with Crippen molar-refractivity contribution in [2.24, 2.45) is 0 Å². The first-order chi connectivity index (χ1) is 11.1. The third kappa shape index (κ3) is 3.40. The number of nitrogens with one attached hydrogen (secondary N) is 1. The van der Waals surface area contributed by atoms with E-state index in [0.29, 0.717) is 11.3 Å². The normalized spacial score (nSPS) is 10.3. The van der Waals surface area contributed by atoms with Crippen LogP contribution in [0.25, 0.3) is 11.3 Å². The summed E-state index contributed by atoms with van der Waals surface area (Å²) in [4.78, 5) is 12.2. The third-order valence-corrected chi connectivity index (χ3v) is 3.37. The van der Waals surface area contributed by atoms with Gasteiger partial charge >= 0.3 is 5.91 Å². The van der Waals surface area contributed by atoms with Crippen molar-refractivity contribution in [2.75, 3.05) is 12.1 Å². The van der Waals surface area contributed by atoms with Gasteiger partial charge in [0.2, 0.25) is 0 Å². The van der Waals surface area contributed by atoms with Gasteiger partial charge in [-0.1, -0.05) is 18.2 Å². The van der Waals surface area contributed by atoms with E-state index in [-0.39, 0.29) is 17.5 Å². The van der Waals surface area contributed by atoms with Gasteiger partial charge in [-0.05, 0) is 48.5 Å². The molecule has 116 valence electrons. The van der Waals surface area contributed by atoms with Crippen LogP contribution < -0.4 is 10.4 Å². The molecule has 1 heterocycles. The Morgan fingerprint density at radius 3 is 2.39 bits per heavy atom. The number of nitrogens with zero attached hydrogens (tertiary/aromatic N) is 1. The lowest BCUT2D eigenvalue weighted by Crippen LogP contribution is -2.39. The monoisotopic (exact) mass is 310 g/mol. The van der Waals surface area contributed by atoms with Crippen molar-refractivity contribution in [3.63, 3.8) is 0 Å². The lowest BCUT2D eigenvalue weighted by molar-refractivity contribution is 0.0924. The zero-order valence-electron chi connectivity index (χ0n) is 12.5. The molecule has 0 fully saturated rings. The predicted molar refractivity (Wildman–Crippen MR) is 86.4 cm³/mol. The van der Waals surface area contributed by atoms with Crippen LogP contribution in [-0.2, 0) is 0 Å². The molecule has 1 amide bonds. The van der Waals surface area contributed by atoms with E-state index < -0.39 is 0 Å². The number of hydrazine groups is 1. The summed E-state index contributed by atoms with van der Waals surface area (Å²) in [6.45, 7) is 0. The largest absolute Gasteiger partial charge is 0.451 e. The van der Waals surface area contributed by atoms with Crippen molar-refractivity contribution in [1.29, 1.82) is 0 Å². The zero-order chi connectivity index (χ0) is 16.2. The number of rotatable bonds is 4. The van der Waals surface area contributed by atoms with E-state index in [1.807, 2.05) is 30.3 Å². The van der Waals surface area contributed by atoms with E-state index in [2.05, 4.69) is 5.43 Å².